The van der Waals surface area contributed by atoms with E-state index >= 15 is 0 Å². The second kappa shape index (κ2) is 7.25. The van der Waals surface area contributed by atoms with Gasteiger partial charge in [0, 0.05) is 31.0 Å². The highest BCUT2D eigenvalue weighted by Crippen LogP contribution is 2.20. The first kappa shape index (κ1) is 16.7. The minimum atomic E-state index is 0.0739. The van der Waals surface area contributed by atoms with Crippen LogP contribution in [0.4, 0.5) is 0 Å². The Bertz CT molecular complexity index is 899. The van der Waals surface area contributed by atoms with Gasteiger partial charge < -0.3 is 14.6 Å². The highest BCUT2D eigenvalue weighted by Gasteiger charge is 2.24. The van der Waals surface area contributed by atoms with Gasteiger partial charge in [0.25, 0.3) is 5.91 Å². The number of benzene rings is 1. The second-order valence-corrected chi connectivity index (χ2v) is 6.72. The summed E-state index contributed by atoms with van der Waals surface area (Å²) in [4.78, 5) is 26.4. The van der Waals surface area contributed by atoms with E-state index in [1.54, 1.807) is 6.20 Å². The van der Waals surface area contributed by atoms with Gasteiger partial charge in [0.2, 0.25) is 0 Å². The quantitative estimate of drug-likeness (QED) is 0.785. The number of nitrogens with zero attached hydrogens (tertiary/aromatic N) is 3. The van der Waals surface area contributed by atoms with Crippen molar-refractivity contribution in [2.45, 2.75) is 32.5 Å². The second-order valence-electron chi connectivity index (χ2n) is 6.72. The molecule has 26 heavy (non-hydrogen) atoms. The average Bonchev–Trinajstić information content (AvgIpc) is 3.06. The molecule has 0 bridgehead atoms. The summed E-state index contributed by atoms with van der Waals surface area (Å²) in [6.07, 6.45) is 5.49. The molecule has 0 unspecified atom stereocenters. The molecular formula is C20H22N4O2. The van der Waals surface area contributed by atoms with Crippen LogP contribution in [0.15, 0.2) is 42.7 Å². The molecule has 1 aliphatic heterocycles. The molecule has 3 aromatic rings. The zero-order valence-electron chi connectivity index (χ0n) is 14.8. The van der Waals surface area contributed by atoms with Crippen molar-refractivity contribution in [1.82, 2.24) is 19.9 Å². The van der Waals surface area contributed by atoms with E-state index in [1.165, 1.54) is 0 Å². The minimum Gasteiger partial charge on any atom is -0.373 e. The van der Waals surface area contributed by atoms with E-state index in [0.717, 1.165) is 48.4 Å². The van der Waals surface area contributed by atoms with Gasteiger partial charge in [0.1, 0.15) is 5.82 Å². The molecule has 0 aliphatic carbocycles. The standard InChI is InChI=1S/C20H22N4O2/c1-14-22-18-5-4-16(11-19(18)23-14)20(25)24-9-6-17(7-10-24)26-13-15-3-2-8-21-12-15/h2-5,8,11-12,17H,6-7,9-10,13H2,1H3,(H,22,23). The number of amides is 1. The summed E-state index contributed by atoms with van der Waals surface area (Å²) < 4.78 is 5.97. The third-order valence-corrected chi connectivity index (χ3v) is 4.78. The van der Waals surface area contributed by atoms with Crippen molar-refractivity contribution in [3.63, 3.8) is 0 Å². The molecule has 2 aromatic heterocycles. The maximum absolute atomic E-state index is 12.8. The van der Waals surface area contributed by atoms with Gasteiger partial charge >= 0.3 is 0 Å². The Morgan fingerprint density at radius 2 is 2.15 bits per heavy atom. The lowest BCUT2D eigenvalue weighted by Gasteiger charge is -2.32. The Hall–Kier alpha value is -2.73. The first-order chi connectivity index (χ1) is 12.7. The van der Waals surface area contributed by atoms with Crippen LogP contribution in [0.25, 0.3) is 11.0 Å². The molecule has 134 valence electrons. The molecule has 3 heterocycles. The van der Waals surface area contributed by atoms with Crippen LogP contribution in [0.2, 0.25) is 0 Å². The molecule has 0 spiro atoms. The predicted molar refractivity (Wildman–Crippen MR) is 98.8 cm³/mol. The van der Waals surface area contributed by atoms with Crippen LogP contribution in [-0.4, -0.2) is 45.0 Å². The van der Waals surface area contributed by atoms with Crippen molar-refractivity contribution >= 4 is 16.9 Å². The Morgan fingerprint density at radius 3 is 2.92 bits per heavy atom. The van der Waals surface area contributed by atoms with E-state index in [0.29, 0.717) is 12.2 Å². The molecule has 0 radical (unpaired) electrons. The number of fused-ring (bicyclic) bond motifs is 1. The molecule has 1 fully saturated rings. The summed E-state index contributed by atoms with van der Waals surface area (Å²) in [6.45, 7) is 3.92. The summed E-state index contributed by atoms with van der Waals surface area (Å²) in [5.74, 6) is 0.932. The molecule has 6 heteroatoms. The molecule has 1 saturated heterocycles. The topological polar surface area (TPSA) is 71.1 Å². The number of likely N-dealkylation sites (tertiary alicyclic amines) is 1. The van der Waals surface area contributed by atoms with E-state index in [-0.39, 0.29) is 12.0 Å². The lowest BCUT2D eigenvalue weighted by atomic mass is 10.1. The number of imidazole rings is 1. The van der Waals surface area contributed by atoms with Gasteiger partial charge in [0.15, 0.2) is 0 Å². The molecule has 0 saturated carbocycles. The van der Waals surface area contributed by atoms with Crippen molar-refractivity contribution < 1.29 is 9.53 Å². The number of aryl methyl sites for hydroxylation is 1. The molecule has 1 amide bonds. The number of hydrogen-bond acceptors (Lipinski definition) is 4. The summed E-state index contributed by atoms with van der Waals surface area (Å²) in [6, 6.07) is 9.57. The first-order valence-corrected chi connectivity index (χ1v) is 8.95. The number of nitrogens with one attached hydrogen (secondary N) is 1. The monoisotopic (exact) mass is 350 g/mol. The minimum absolute atomic E-state index is 0.0739. The number of hydrogen-bond donors (Lipinski definition) is 1. The molecule has 4 rings (SSSR count). The number of piperidine rings is 1. The number of aromatic amines is 1. The van der Waals surface area contributed by atoms with Crippen LogP contribution < -0.4 is 0 Å². The summed E-state index contributed by atoms with van der Waals surface area (Å²) in [7, 11) is 0. The fraction of sp³-hybridized carbons (Fsp3) is 0.350. The Morgan fingerprint density at radius 1 is 1.31 bits per heavy atom. The summed E-state index contributed by atoms with van der Waals surface area (Å²) in [5, 5.41) is 0. The highest BCUT2D eigenvalue weighted by atomic mass is 16.5. The van der Waals surface area contributed by atoms with Crippen LogP contribution in [0.5, 0.6) is 0 Å². The van der Waals surface area contributed by atoms with E-state index in [2.05, 4.69) is 15.0 Å². The van der Waals surface area contributed by atoms with Crippen LogP contribution in [0.3, 0.4) is 0 Å². The smallest absolute Gasteiger partial charge is 0.253 e. The van der Waals surface area contributed by atoms with Crippen molar-refractivity contribution in [1.29, 1.82) is 0 Å². The van der Waals surface area contributed by atoms with Gasteiger partial charge in [-0.2, -0.15) is 0 Å². The van der Waals surface area contributed by atoms with Crippen molar-refractivity contribution in [2.75, 3.05) is 13.1 Å². The lowest BCUT2D eigenvalue weighted by Crippen LogP contribution is -2.40. The number of carbonyl (C=O) groups excluding carboxylic acids is 1. The number of carbonyl (C=O) groups is 1. The third kappa shape index (κ3) is 3.60. The average molecular weight is 350 g/mol. The molecule has 1 aromatic carbocycles. The fourth-order valence-electron chi connectivity index (χ4n) is 3.38. The normalized spacial score (nSPS) is 15.5. The Kier molecular flexibility index (Phi) is 4.67. The number of ether oxygens (including phenoxy) is 1. The zero-order chi connectivity index (χ0) is 17.9. The van der Waals surface area contributed by atoms with Gasteiger partial charge in [-0.25, -0.2) is 4.98 Å². The molecule has 0 atom stereocenters. The molecule has 1 aliphatic rings. The zero-order valence-corrected chi connectivity index (χ0v) is 14.8. The third-order valence-electron chi connectivity index (χ3n) is 4.78. The number of aromatic nitrogens is 3. The van der Waals surface area contributed by atoms with E-state index in [1.807, 2.05) is 48.4 Å². The van der Waals surface area contributed by atoms with Crippen LogP contribution in [0.1, 0.15) is 34.6 Å². The van der Waals surface area contributed by atoms with Gasteiger partial charge in [0.05, 0.1) is 23.7 Å². The number of H-pyrrole nitrogens is 1. The maximum atomic E-state index is 12.8. The first-order valence-electron chi connectivity index (χ1n) is 8.95. The van der Waals surface area contributed by atoms with Crippen LogP contribution in [0, 0.1) is 6.92 Å². The van der Waals surface area contributed by atoms with E-state index < -0.39 is 0 Å². The fourth-order valence-corrected chi connectivity index (χ4v) is 3.38. The number of rotatable bonds is 4. The maximum Gasteiger partial charge on any atom is 0.253 e. The molecular weight excluding hydrogens is 328 g/mol. The summed E-state index contributed by atoms with van der Waals surface area (Å²) in [5.41, 5.74) is 3.58. The number of pyridine rings is 1. The van der Waals surface area contributed by atoms with Gasteiger partial charge in [-0.3, -0.25) is 9.78 Å². The van der Waals surface area contributed by atoms with Crippen LogP contribution in [-0.2, 0) is 11.3 Å². The van der Waals surface area contributed by atoms with E-state index in [4.69, 9.17) is 4.74 Å². The van der Waals surface area contributed by atoms with Crippen molar-refractivity contribution in [3.8, 4) is 0 Å². The largest absolute Gasteiger partial charge is 0.373 e. The van der Waals surface area contributed by atoms with Gasteiger partial charge in [-0.05, 0) is 49.6 Å². The SMILES string of the molecule is Cc1nc2ccc(C(=O)N3CCC(OCc4cccnc4)CC3)cc2[nH]1. The Labute approximate surface area is 152 Å². The lowest BCUT2D eigenvalue weighted by molar-refractivity contribution is -0.000465. The van der Waals surface area contributed by atoms with Crippen molar-refractivity contribution in [2.24, 2.45) is 0 Å². The van der Waals surface area contributed by atoms with Gasteiger partial charge in [-0.15, -0.1) is 0 Å². The predicted octanol–water partition coefficient (Wildman–Crippen LogP) is 3.09. The molecule has 6 nitrogen and oxygen atoms in total. The summed E-state index contributed by atoms with van der Waals surface area (Å²) >= 11 is 0. The van der Waals surface area contributed by atoms with Crippen LogP contribution >= 0.6 is 0 Å². The van der Waals surface area contributed by atoms with E-state index in [9.17, 15) is 4.79 Å². The van der Waals surface area contributed by atoms with Gasteiger partial charge in [-0.1, -0.05) is 6.07 Å². The van der Waals surface area contributed by atoms with Crippen molar-refractivity contribution in [3.05, 3.63) is 59.7 Å². The Balaban J connectivity index is 1.34. The molecule has 1 N–H and O–H groups in total. The highest BCUT2D eigenvalue weighted by molar-refractivity contribution is 5.97.